The highest BCUT2D eigenvalue weighted by molar-refractivity contribution is 6.48. The summed E-state index contributed by atoms with van der Waals surface area (Å²) in [7, 11) is 0. The highest BCUT2D eigenvalue weighted by Gasteiger charge is 2.20. The Kier molecular flexibility index (Phi) is 9.50. The number of nitrogen functional groups attached to an aromatic ring is 1. The fourth-order valence-corrected chi connectivity index (χ4v) is 2.21. The summed E-state index contributed by atoms with van der Waals surface area (Å²) in [6.07, 6.45) is 8.80. The van der Waals surface area contributed by atoms with Gasteiger partial charge in [0.1, 0.15) is 5.75 Å². The fourth-order valence-electron chi connectivity index (χ4n) is 2.21. The van der Waals surface area contributed by atoms with Crippen molar-refractivity contribution in [3.8, 4) is 5.75 Å². The first-order chi connectivity index (χ1) is 11.7. The van der Waals surface area contributed by atoms with Crippen LogP contribution < -0.4 is 5.73 Å². The van der Waals surface area contributed by atoms with Crippen LogP contribution in [0.5, 0.6) is 5.75 Å². The second kappa shape index (κ2) is 10.5. The average Bonchev–Trinajstić information content (AvgIpc) is 2.55. The van der Waals surface area contributed by atoms with Gasteiger partial charge in [0.25, 0.3) is 0 Å². The van der Waals surface area contributed by atoms with Gasteiger partial charge in [-0.3, -0.25) is 10.8 Å². The van der Waals surface area contributed by atoms with Crippen molar-refractivity contribution in [3.63, 3.8) is 0 Å². The molecule has 0 spiro atoms. The lowest BCUT2D eigenvalue weighted by Gasteiger charge is -2.22. The maximum absolute atomic E-state index is 9.90. The van der Waals surface area contributed by atoms with Gasteiger partial charge in [0.2, 0.25) is 0 Å². The number of phenols is 1. The third kappa shape index (κ3) is 7.38. The number of aromatic hydroxyl groups is 1. The van der Waals surface area contributed by atoms with Gasteiger partial charge in [-0.1, -0.05) is 66.2 Å². The molecule has 1 aliphatic rings. The number of hydrogen-bond acceptors (Lipinski definition) is 4. The van der Waals surface area contributed by atoms with Crippen LogP contribution in [0.1, 0.15) is 59.1 Å². The number of nitrogens with two attached hydrogens (primary N) is 1. The third-order valence-electron chi connectivity index (χ3n) is 3.47. The van der Waals surface area contributed by atoms with E-state index in [0.717, 1.165) is 18.4 Å². The molecule has 0 saturated heterocycles. The normalized spacial score (nSPS) is 12.9. The molecule has 4 heteroatoms. The van der Waals surface area contributed by atoms with Crippen LogP contribution in [0.4, 0.5) is 5.69 Å². The number of hydrogen-bond donors (Lipinski definition) is 4. The smallest absolute Gasteiger partial charge is 0.142 e. The standard InChI is InChI=1S/C13H21NO.C6H6N2.C2H6/c1-5-6-9-7-10(13(2,3)4)12(15)11(14)8-9;7-5-3-1-2-4-6(5)8;1-2/h7-8,15H,5-6,14H2,1-4H3;1-4,7-8H;1-2H3. The van der Waals surface area contributed by atoms with Crippen LogP contribution in [0.3, 0.4) is 0 Å². The highest BCUT2D eigenvalue weighted by atomic mass is 16.3. The average molecular weight is 344 g/mol. The lowest BCUT2D eigenvalue weighted by molar-refractivity contribution is 0.449. The molecule has 0 fully saturated rings. The van der Waals surface area contributed by atoms with Crippen LogP contribution in [0.15, 0.2) is 36.4 Å². The number of benzene rings is 1. The Morgan fingerprint density at radius 3 is 1.84 bits per heavy atom. The van der Waals surface area contributed by atoms with Crippen molar-refractivity contribution in [2.75, 3.05) is 5.73 Å². The lowest BCUT2D eigenvalue weighted by Crippen LogP contribution is -2.12. The molecule has 1 aromatic rings. The summed E-state index contributed by atoms with van der Waals surface area (Å²) in [6, 6.07) is 3.93. The molecule has 0 saturated carbocycles. The first-order valence-corrected chi connectivity index (χ1v) is 8.80. The van der Waals surface area contributed by atoms with Gasteiger partial charge < -0.3 is 10.8 Å². The van der Waals surface area contributed by atoms with E-state index in [2.05, 4.69) is 33.8 Å². The number of allylic oxidation sites excluding steroid dienone is 4. The molecule has 25 heavy (non-hydrogen) atoms. The van der Waals surface area contributed by atoms with Crippen molar-refractivity contribution in [2.45, 2.75) is 59.8 Å². The van der Waals surface area contributed by atoms with Crippen LogP contribution in [0, 0.1) is 10.8 Å². The van der Waals surface area contributed by atoms with Gasteiger partial charge in [-0.15, -0.1) is 0 Å². The minimum absolute atomic E-state index is 0.0675. The van der Waals surface area contributed by atoms with Gasteiger partial charge in [-0.2, -0.15) is 0 Å². The molecule has 0 aliphatic heterocycles. The SMILES string of the molecule is CC.CCCc1cc(N)c(O)c(C(C)(C)C)c1.N=C1C=CC=CC1=N. The minimum Gasteiger partial charge on any atom is -0.505 e. The monoisotopic (exact) mass is 343 g/mol. The van der Waals surface area contributed by atoms with E-state index < -0.39 is 0 Å². The Morgan fingerprint density at radius 2 is 1.48 bits per heavy atom. The molecule has 0 heterocycles. The maximum atomic E-state index is 9.90. The lowest BCUT2D eigenvalue weighted by atomic mass is 9.84. The molecule has 0 unspecified atom stereocenters. The minimum atomic E-state index is -0.0675. The van der Waals surface area contributed by atoms with E-state index in [4.69, 9.17) is 16.6 Å². The van der Waals surface area contributed by atoms with Crippen molar-refractivity contribution >= 4 is 17.1 Å². The van der Waals surface area contributed by atoms with Crippen molar-refractivity contribution < 1.29 is 5.11 Å². The van der Waals surface area contributed by atoms with Crippen molar-refractivity contribution in [1.82, 2.24) is 0 Å². The summed E-state index contributed by atoms with van der Waals surface area (Å²) < 4.78 is 0. The fraction of sp³-hybridized carbons (Fsp3) is 0.429. The highest BCUT2D eigenvalue weighted by Crippen LogP contribution is 2.36. The van der Waals surface area contributed by atoms with Gasteiger partial charge in [-0.25, -0.2) is 0 Å². The van der Waals surface area contributed by atoms with E-state index in [1.165, 1.54) is 5.56 Å². The molecule has 1 aliphatic carbocycles. The summed E-state index contributed by atoms with van der Waals surface area (Å²) in [5.74, 6) is 0.238. The number of rotatable bonds is 2. The van der Waals surface area contributed by atoms with Crippen LogP contribution in [0.2, 0.25) is 0 Å². The van der Waals surface area contributed by atoms with Gasteiger partial charge in [-0.05, 0) is 35.6 Å². The largest absolute Gasteiger partial charge is 0.505 e. The molecule has 0 amide bonds. The van der Waals surface area contributed by atoms with Crippen molar-refractivity contribution in [2.24, 2.45) is 0 Å². The maximum Gasteiger partial charge on any atom is 0.142 e. The topological polar surface area (TPSA) is 93.9 Å². The molecule has 5 N–H and O–H groups in total. The second-order valence-electron chi connectivity index (χ2n) is 6.63. The van der Waals surface area contributed by atoms with Crippen LogP contribution in [-0.2, 0) is 11.8 Å². The summed E-state index contributed by atoms with van der Waals surface area (Å²) in [5.41, 5.74) is 8.93. The summed E-state index contributed by atoms with van der Waals surface area (Å²) in [6.45, 7) is 12.4. The molecule has 0 radical (unpaired) electrons. The first kappa shape index (κ1) is 22.6. The molecule has 0 aromatic heterocycles. The Balaban J connectivity index is 0.000000483. The summed E-state index contributed by atoms with van der Waals surface area (Å²) >= 11 is 0. The Hall–Kier alpha value is -2.36. The second-order valence-corrected chi connectivity index (χ2v) is 6.63. The number of aryl methyl sites for hydroxylation is 1. The number of nitrogens with one attached hydrogen (secondary N) is 2. The van der Waals surface area contributed by atoms with Crippen LogP contribution in [0.25, 0.3) is 0 Å². The Morgan fingerprint density at radius 1 is 1.00 bits per heavy atom. The molecular formula is C21H33N3O. The molecule has 138 valence electrons. The first-order valence-electron chi connectivity index (χ1n) is 8.80. The predicted octanol–water partition coefficient (Wildman–Crippen LogP) is 5.40. The van der Waals surface area contributed by atoms with Crippen molar-refractivity contribution in [1.29, 1.82) is 10.8 Å². The summed E-state index contributed by atoms with van der Waals surface area (Å²) in [4.78, 5) is 0. The van der Waals surface area contributed by atoms with Gasteiger partial charge in [0.15, 0.2) is 0 Å². The molecular weight excluding hydrogens is 310 g/mol. The van der Waals surface area contributed by atoms with E-state index in [-0.39, 0.29) is 22.6 Å². The van der Waals surface area contributed by atoms with E-state index in [9.17, 15) is 5.11 Å². The van der Waals surface area contributed by atoms with E-state index in [0.29, 0.717) is 5.69 Å². The van der Waals surface area contributed by atoms with E-state index in [1.807, 2.05) is 19.9 Å². The molecule has 2 rings (SSSR count). The van der Waals surface area contributed by atoms with E-state index >= 15 is 0 Å². The zero-order chi connectivity index (χ0) is 19.6. The third-order valence-corrected chi connectivity index (χ3v) is 3.47. The van der Waals surface area contributed by atoms with Crippen molar-refractivity contribution in [3.05, 3.63) is 47.6 Å². The van der Waals surface area contributed by atoms with Gasteiger partial charge >= 0.3 is 0 Å². The number of phenolic OH excluding ortho intramolecular Hbond substituents is 1. The molecule has 0 atom stereocenters. The Bertz CT molecular complexity index is 628. The molecule has 1 aromatic carbocycles. The molecule has 4 nitrogen and oxygen atoms in total. The predicted molar refractivity (Wildman–Crippen MR) is 110 cm³/mol. The van der Waals surface area contributed by atoms with E-state index in [1.54, 1.807) is 24.3 Å². The Labute approximate surface area is 152 Å². The number of anilines is 1. The van der Waals surface area contributed by atoms with Crippen LogP contribution >= 0.6 is 0 Å². The van der Waals surface area contributed by atoms with Crippen LogP contribution in [-0.4, -0.2) is 16.5 Å². The molecule has 0 bridgehead atoms. The van der Waals surface area contributed by atoms with Gasteiger partial charge in [0.05, 0.1) is 17.1 Å². The van der Waals surface area contributed by atoms with Gasteiger partial charge in [0, 0.05) is 5.56 Å². The zero-order valence-electron chi connectivity index (χ0n) is 16.4. The summed E-state index contributed by atoms with van der Waals surface area (Å²) in [5, 5.41) is 24.0. The quantitative estimate of drug-likeness (QED) is 0.328. The zero-order valence-corrected chi connectivity index (χ0v) is 16.4.